The molecule has 5 heteroatoms. The molecule has 3 aromatic heterocycles. The van der Waals surface area contributed by atoms with Gasteiger partial charge in [0, 0.05) is 49.5 Å². The molecule has 5 nitrogen and oxygen atoms in total. The summed E-state index contributed by atoms with van der Waals surface area (Å²) in [6.07, 6.45) is 0. The average molecular weight is 791 g/mol. The molecular weight excluding hydrogens is 757 g/mol. The molecule has 0 N–H and O–H groups in total. The van der Waals surface area contributed by atoms with E-state index in [0.717, 1.165) is 88.0 Å². The number of nitrogens with zero attached hydrogens (tertiary/aromatic N) is 4. The second-order valence-electron chi connectivity index (χ2n) is 15.9. The summed E-state index contributed by atoms with van der Waals surface area (Å²) in [5, 5.41) is 11.4. The highest BCUT2D eigenvalue weighted by Gasteiger charge is 2.22. The minimum absolute atomic E-state index is 0.578. The Bertz CT molecular complexity index is 3840. The molecule has 0 saturated carbocycles. The maximum Gasteiger partial charge on any atom is 0.164 e. The van der Waals surface area contributed by atoms with Gasteiger partial charge in [-0.1, -0.05) is 164 Å². The molecule has 0 aliphatic heterocycles. The number of aromatic nitrogens is 4. The number of furan rings is 1. The van der Waals surface area contributed by atoms with Gasteiger partial charge in [0.25, 0.3) is 0 Å². The van der Waals surface area contributed by atoms with E-state index in [4.69, 9.17) is 19.4 Å². The van der Waals surface area contributed by atoms with Crippen molar-refractivity contribution in [1.82, 2.24) is 19.5 Å². The van der Waals surface area contributed by atoms with Crippen molar-refractivity contribution in [3.05, 3.63) is 206 Å². The van der Waals surface area contributed by atoms with Crippen molar-refractivity contribution in [3.8, 4) is 51.0 Å². The van der Waals surface area contributed by atoms with Gasteiger partial charge >= 0.3 is 0 Å². The van der Waals surface area contributed by atoms with Crippen molar-refractivity contribution in [2.45, 2.75) is 0 Å². The van der Waals surface area contributed by atoms with E-state index in [1.165, 1.54) is 21.5 Å². The number of rotatable bonds is 5. The molecule has 0 atom stereocenters. The van der Waals surface area contributed by atoms with Crippen LogP contribution in [0.5, 0.6) is 0 Å². The van der Waals surface area contributed by atoms with Crippen molar-refractivity contribution in [2.24, 2.45) is 0 Å². The Labute approximate surface area is 355 Å². The largest absolute Gasteiger partial charge is 0.455 e. The highest BCUT2D eigenvalue weighted by Crippen LogP contribution is 2.43. The predicted molar refractivity (Wildman–Crippen MR) is 256 cm³/mol. The van der Waals surface area contributed by atoms with Crippen molar-refractivity contribution in [3.63, 3.8) is 0 Å². The van der Waals surface area contributed by atoms with E-state index < -0.39 is 0 Å². The van der Waals surface area contributed by atoms with Crippen molar-refractivity contribution >= 4 is 76.1 Å². The zero-order valence-electron chi connectivity index (χ0n) is 33.3. The average Bonchev–Trinajstić information content (AvgIpc) is 3.88. The first-order valence-corrected chi connectivity index (χ1v) is 20.9. The summed E-state index contributed by atoms with van der Waals surface area (Å²) in [5.41, 5.74) is 9.65. The van der Waals surface area contributed by atoms with Gasteiger partial charge in [0.1, 0.15) is 11.2 Å². The van der Waals surface area contributed by atoms with Crippen LogP contribution in [0.15, 0.2) is 211 Å². The lowest BCUT2D eigenvalue weighted by atomic mass is 9.96. The molecule has 62 heavy (non-hydrogen) atoms. The van der Waals surface area contributed by atoms with Crippen molar-refractivity contribution < 1.29 is 4.42 Å². The fraction of sp³-hybridized carbons (Fsp3) is 0. The van der Waals surface area contributed by atoms with E-state index in [1.54, 1.807) is 0 Å². The molecule has 13 rings (SSSR count). The first-order valence-electron chi connectivity index (χ1n) is 20.9. The minimum atomic E-state index is 0.578. The minimum Gasteiger partial charge on any atom is -0.455 e. The van der Waals surface area contributed by atoms with Gasteiger partial charge in [-0.05, 0) is 80.3 Å². The third-order valence-electron chi connectivity index (χ3n) is 12.4. The molecular formula is C57H34N4O. The van der Waals surface area contributed by atoms with Crippen LogP contribution in [0.4, 0.5) is 0 Å². The van der Waals surface area contributed by atoms with Crippen molar-refractivity contribution in [1.29, 1.82) is 0 Å². The van der Waals surface area contributed by atoms with E-state index in [0.29, 0.717) is 17.5 Å². The zero-order chi connectivity index (χ0) is 40.7. The third kappa shape index (κ3) is 5.32. The maximum absolute atomic E-state index is 6.77. The number of hydrogen-bond donors (Lipinski definition) is 0. The quantitative estimate of drug-likeness (QED) is 0.174. The second-order valence-corrected chi connectivity index (χ2v) is 15.9. The second kappa shape index (κ2) is 13.6. The fourth-order valence-electron chi connectivity index (χ4n) is 9.56. The fourth-order valence-corrected chi connectivity index (χ4v) is 9.56. The molecule has 288 valence electrons. The molecule has 0 fully saturated rings. The monoisotopic (exact) mass is 790 g/mol. The summed E-state index contributed by atoms with van der Waals surface area (Å²) >= 11 is 0. The van der Waals surface area contributed by atoms with E-state index in [2.05, 4.69) is 199 Å². The Hall–Kier alpha value is -8.41. The van der Waals surface area contributed by atoms with Crippen LogP contribution in [-0.2, 0) is 0 Å². The SMILES string of the molecule is c1ccc2cc3c(cc2c1)c1ccccc1n3-c1ccc(-c2nc(-c3cccc4ccccc34)nc(-c3cccc4ccccc34)n2)c(-c2cccc3c2oc2ccccc23)c1. The summed E-state index contributed by atoms with van der Waals surface area (Å²) in [7, 11) is 0. The van der Waals surface area contributed by atoms with Gasteiger partial charge in [-0.25, -0.2) is 15.0 Å². The standard InChI is InChI=1S/C57H34N4O/c1-2-17-38-33-52-50(32-37(38)16-1)42-22-7-9-28-51(42)61(52)39-30-31-48(49(34-39)45-25-13-24-44-43-23-8-10-29-53(43)62-54(44)45)57-59-55(46-26-11-18-35-14-3-5-20-40(35)46)58-56(60-57)47-27-12-19-36-15-4-6-21-41(36)47/h1-34H. The predicted octanol–water partition coefficient (Wildman–Crippen LogP) is 15.0. The lowest BCUT2D eigenvalue weighted by Gasteiger charge is -2.16. The number of para-hydroxylation sites is 3. The van der Waals surface area contributed by atoms with Crippen LogP contribution < -0.4 is 0 Å². The van der Waals surface area contributed by atoms with Gasteiger partial charge in [0.05, 0.1) is 11.0 Å². The Morgan fingerprint density at radius 2 is 0.823 bits per heavy atom. The summed E-state index contributed by atoms with van der Waals surface area (Å²) in [4.78, 5) is 16.1. The topological polar surface area (TPSA) is 56.7 Å². The molecule has 0 saturated heterocycles. The summed E-state index contributed by atoms with van der Waals surface area (Å²) in [6, 6.07) is 72.8. The van der Waals surface area contributed by atoms with Crippen LogP contribution >= 0.6 is 0 Å². The lowest BCUT2D eigenvalue weighted by Crippen LogP contribution is -2.03. The van der Waals surface area contributed by atoms with Crippen LogP contribution in [0.25, 0.3) is 127 Å². The first kappa shape index (κ1) is 34.5. The van der Waals surface area contributed by atoms with Crippen LogP contribution in [0.3, 0.4) is 0 Å². The zero-order valence-corrected chi connectivity index (χ0v) is 33.3. The van der Waals surface area contributed by atoms with E-state index in [9.17, 15) is 0 Å². The van der Waals surface area contributed by atoms with Gasteiger partial charge in [0.15, 0.2) is 17.5 Å². The highest BCUT2D eigenvalue weighted by atomic mass is 16.3. The van der Waals surface area contributed by atoms with Gasteiger partial charge in [-0.2, -0.15) is 0 Å². The Balaban J connectivity index is 1.13. The van der Waals surface area contributed by atoms with Crippen LogP contribution in [0, 0.1) is 0 Å². The van der Waals surface area contributed by atoms with Gasteiger partial charge in [-0.15, -0.1) is 0 Å². The first-order chi connectivity index (χ1) is 30.7. The van der Waals surface area contributed by atoms with E-state index >= 15 is 0 Å². The summed E-state index contributed by atoms with van der Waals surface area (Å²) in [5.74, 6) is 1.80. The third-order valence-corrected chi connectivity index (χ3v) is 12.4. The lowest BCUT2D eigenvalue weighted by molar-refractivity contribution is 0.670. The normalized spacial score (nSPS) is 11.9. The summed E-state index contributed by atoms with van der Waals surface area (Å²) < 4.78 is 9.16. The van der Waals surface area contributed by atoms with E-state index in [1.807, 2.05) is 12.1 Å². The van der Waals surface area contributed by atoms with Gasteiger partial charge < -0.3 is 8.98 Å². The molecule has 0 aliphatic carbocycles. The molecule has 0 aliphatic rings. The maximum atomic E-state index is 6.77. The number of benzene rings is 10. The molecule has 0 unspecified atom stereocenters. The van der Waals surface area contributed by atoms with Crippen molar-refractivity contribution in [2.75, 3.05) is 0 Å². The Kier molecular flexibility index (Phi) is 7.54. The molecule has 13 aromatic rings. The molecule has 0 radical (unpaired) electrons. The van der Waals surface area contributed by atoms with Crippen LogP contribution in [0.1, 0.15) is 0 Å². The summed E-state index contributed by atoms with van der Waals surface area (Å²) in [6.45, 7) is 0. The Morgan fingerprint density at radius 1 is 0.306 bits per heavy atom. The highest BCUT2D eigenvalue weighted by molar-refractivity contribution is 6.14. The number of fused-ring (bicyclic) bond motifs is 9. The molecule has 0 spiro atoms. The molecule has 0 bridgehead atoms. The van der Waals surface area contributed by atoms with Gasteiger partial charge in [-0.3, -0.25) is 0 Å². The van der Waals surface area contributed by atoms with Crippen LogP contribution in [-0.4, -0.2) is 19.5 Å². The number of hydrogen-bond acceptors (Lipinski definition) is 4. The molecule has 10 aromatic carbocycles. The Morgan fingerprint density at radius 3 is 1.53 bits per heavy atom. The molecule has 0 amide bonds. The van der Waals surface area contributed by atoms with E-state index in [-0.39, 0.29) is 0 Å². The van der Waals surface area contributed by atoms with Gasteiger partial charge in [0.2, 0.25) is 0 Å². The smallest absolute Gasteiger partial charge is 0.164 e. The van der Waals surface area contributed by atoms with Crippen LogP contribution in [0.2, 0.25) is 0 Å². The molecule has 3 heterocycles.